The van der Waals surface area contributed by atoms with Crippen LogP contribution in [0.4, 0.5) is 13.2 Å². The molecule has 0 saturated carbocycles. The molecule has 2 rings (SSSR count). The predicted octanol–water partition coefficient (Wildman–Crippen LogP) is 1.88. The molecule has 1 aromatic rings. The maximum absolute atomic E-state index is 12.5. The molecule has 1 amide bonds. The standard InChI is InChI=1S/C15H14F3NO4/c1-2-23-13(21)12(20)10-4-3-9-5-6-19(8-11(9)7-10)14(22)15(16,17)18/h3-4,7H,2,5-6,8H2,1H3. The summed E-state index contributed by atoms with van der Waals surface area (Å²) in [7, 11) is 0. The lowest BCUT2D eigenvalue weighted by Gasteiger charge is -2.29. The van der Waals surface area contributed by atoms with Crippen molar-refractivity contribution in [2.75, 3.05) is 13.2 Å². The lowest BCUT2D eigenvalue weighted by molar-refractivity contribution is -0.186. The van der Waals surface area contributed by atoms with Crippen molar-refractivity contribution in [1.29, 1.82) is 0 Å². The number of esters is 1. The van der Waals surface area contributed by atoms with Crippen LogP contribution in [0, 0.1) is 0 Å². The minimum absolute atomic E-state index is 0.0310. The summed E-state index contributed by atoms with van der Waals surface area (Å²) in [6, 6.07) is 4.35. The fourth-order valence-corrected chi connectivity index (χ4v) is 2.37. The predicted molar refractivity (Wildman–Crippen MR) is 72.6 cm³/mol. The van der Waals surface area contributed by atoms with Crippen LogP contribution in [0.2, 0.25) is 0 Å². The van der Waals surface area contributed by atoms with Crippen molar-refractivity contribution < 1.29 is 32.3 Å². The highest BCUT2D eigenvalue weighted by Gasteiger charge is 2.43. The van der Waals surface area contributed by atoms with Crippen LogP contribution < -0.4 is 0 Å². The third-order valence-corrected chi connectivity index (χ3v) is 3.47. The van der Waals surface area contributed by atoms with Gasteiger partial charge in [-0.1, -0.05) is 12.1 Å². The van der Waals surface area contributed by atoms with Crippen LogP contribution in [-0.2, 0) is 27.3 Å². The molecular weight excluding hydrogens is 315 g/mol. The number of carbonyl (C=O) groups is 3. The number of amides is 1. The molecule has 0 fully saturated rings. The first-order valence-corrected chi connectivity index (χ1v) is 6.93. The highest BCUT2D eigenvalue weighted by molar-refractivity contribution is 6.40. The number of hydrogen-bond acceptors (Lipinski definition) is 4. The van der Waals surface area contributed by atoms with E-state index in [1.807, 2.05) is 0 Å². The number of fused-ring (bicyclic) bond motifs is 1. The van der Waals surface area contributed by atoms with Gasteiger partial charge in [0.05, 0.1) is 6.61 Å². The van der Waals surface area contributed by atoms with Crippen LogP contribution in [-0.4, -0.2) is 41.9 Å². The Labute approximate surface area is 130 Å². The molecule has 0 spiro atoms. The molecule has 1 aliphatic rings. The Kier molecular flexibility index (Phi) is 4.72. The van der Waals surface area contributed by atoms with Gasteiger partial charge in [-0.15, -0.1) is 0 Å². The van der Waals surface area contributed by atoms with Crippen LogP contribution in [0.1, 0.15) is 28.4 Å². The van der Waals surface area contributed by atoms with Crippen LogP contribution in [0.3, 0.4) is 0 Å². The van der Waals surface area contributed by atoms with E-state index in [4.69, 9.17) is 0 Å². The zero-order chi connectivity index (χ0) is 17.2. The van der Waals surface area contributed by atoms with Gasteiger partial charge in [0.25, 0.3) is 5.78 Å². The third-order valence-electron chi connectivity index (χ3n) is 3.47. The number of hydrogen-bond donors (Lipinski definition) is 0. The number of alkyl halides is 3. The fourth-order valence-electron chi connectivity index (χ4n) is 2.37. The van der Waals surface area contributed by atoms with E-state index in [0.717, 1.165) is 5.56 Å². The second kappa shape index (κ2) is 6.39. The Morgan fingerprint density at radius 1 is 1.22 bits per heavy atom. The van der Waals surface area contributed by atoms with Gasteiger partial charge in [-0.3, -0.25) is 9.59 Å². The molecule has 8 heteroatoms. The number of ether oxygens (including phenoxy) is 1. The van der Waals surface area contributed by atoms with Gasteiger partial charge >= 0.3 is 18.1 Å². The zero-order valence-electron chi connectivity index (χ0n) is 12.3. The molecule has 0 bridgehead atoms. The highest BCUT2D eigenvalue weighted by atomic mass is 19.4. The average molecular weight is 329 g/mol. The van der Waals surface area contributed by atoms with Crippen molar-refractivity contribution in [1.82, 2.24) is 4.90 Å². The summed E-state index contributed by atoms with van der Waals surface area (Å²) in [4.78, 5) is 35.3. The molecule has 0 aromatic heterocycles. The van der Waals surface area contributed by atoms with Crippen LogP contribution in [0.5, 0.6) is 0 Å². The van der Waals surface area contributed by atoms with Crippen molar-refractivity contribution >= 4 is 17.7 Å². The van der Waals surface area contributed by atoms with Crippen LogP contribution >= 0.6 is 0 Å². The Bertz CT molecular complexity index is 655. The van der Waals surface area contributed by atoms with Gasteiger partial charge in [0.1, 0.15) is 0 Å². The molecule has 5 nitrogen and oxygen atoms in total. The topological polar surface area (TPSA) is 63.7 Å². The highest BCUT2D eigenvalue weighted by Crippen LogP contribution is 2.25. The number of ketones is 1. The maximum Gasteiger partial charge on any atom is 0.471 e. The number of Topliss-reactive ketones (excluding diaryl/α,β-unsaturated/α-hetero) is 1. The molecule has 1 aromatic carbocycles. The molecular formula is C15H14F3NO4. The van der Waals surface area contributed by atoms with Crippen molar-refractivity contribution in [3.8, 4) is 0 Å². The quantitative estimate of drug-likeness (QED) is 0.482. The van der Waals surface area contributed by atoms with E-state index in [2.05, 4.69) is 4.74 Å². The Morgan fingerprint density at radius 3 is 2.52 bits per heavy atom. The van der Waals surface area contributed by atoms with E-state index >= 15 is 0 Å². The van der Waals surface area contributed by atoms with Crippen LogP contribution in [0.15, 0.2) is 18.2 Å². The van der Waals surface area contributed by atoms with Gasteiger partial charge in [0.15, 0.2) is 0 Å². The Morgan fingerprint density at radius 2 is 1.91 bits per heavy atom. The number of nitrogens with zero attached hydrogens (tertiary/aromatic N) is 1. The zero-order valence-corrected chi connectivity index (χ0v) is 12.3. The van der Waals surface area contributed by atoms with Crippen molar-refractivity contribution in [3.05, 3.63) is 34.9 Å². The summed E-state index contributed by atoms with van der Waals surface area (Å²) in [6.07, 6.45) is -4.68. The first-order valence-electron chi connectivity index (χ1n) is 6.93. The fraction of sp³-hybridized carbons (Fsp3) is 0.400. The molecule has 0 unspecified atom stereocenters. The van der Waals surface area contributed by atoms with E-state index in [9.17, 15) is 27.6 Å². The lowest BCUT2D eigenvalue weighted by atomic mass is 9.96. The molecule has 0 radical (unpaired) electrons. The summed E-state index contributed by atoms with van der Waals surface area (Å²) in [6.45, 7) is 1.30. The minimum Gasteiger partial charge on any atom is -0.460 e. The van der Waals surface area contributed by atoms with Crippen LogP contribution in [0.25, 0.3) is 0 Å². The summed E-state index contributed by atoms with van der Waals surface area (Å²) >= 11 is 0. The monoisotopic (exact) mass is 329 g/mol. The number of rotatable bonds is 3. The van der Waals surface area contributed by atoms with E-state index in [1.165, 1.54) is 12.1 Å². The molecule has 1 aliphatic heterocycles. The maximum atomic E-state index is 12.5. The molecule has 0 atom stereocenters. The number of carbonyl (C=O) groups excluding carboxylic acids is 3. The molecule has 0 saturated heterocycles. The third kappa shape index (κ3) is 3.69. The summed E-state index contributed by atoms with van der Waals surface area (Å²) in [5.74, 6) is -3.80. The molecule has 124 valence electrons. The first-order chi connectivity index (χ1) is 10.7. The summed E-state index contributed by atoms with van der Waals surface area (Å²) in [5, 5.41) is 0. The minimum atomic E-state index is -4.93. The van der Waals surface area contributed by atoms with Gasteiger partial charge in [-0.25, -0.2) is 4.79 Å². The van der Waals surface area contributed by atoms with Gasteiger partial charge in [-0.05, 0) is 30.5 Å². The second-order valence-corrected chi connectivity index (χ2v) is 5.01. The van der Waals surface area contributed by atoms with Crippen molar-refractivity contribution in [2.24, 2.45) is 0 Å². The van der Waals surface area contributed by atoms with Crippen molar-refractivity contribution in [2.45, 2.75) is 26.1 Å². The number of halogens is 3. The summed E-state index contributed by atoms with van der Waals surface area (Å²) < 4.78 is 42.1. The number of benzene rings is 1. The molecule has 1 heterocycles. The van der Waals surface area contributed by atoms with Gasteiger partial charge in [0, 0.05) is 18.7 Å². The lowest BCUT2D eigenvalue weighted by Crippen LogP contribution is -2.43. The van der Waals surface area contributed by atoms with Gasteiger partial charge in [0.2, 0.25) is 0 Å². The molecule has 23 heavy (non-hydrogen) atoms. The largest absolute Gasteiger partial charge is 0.471 e. The van der Waals surface area contributed by atoms with E-state index in [-0.39, 0.29) is 31.7 Å². The Hall–Kier alpha value is -2.38. The SMILES string of the molecule is CCOC(=O)C(=O)c1ccc2c(c1)CN(C(=O)C(F)(F)F)CC2. The van der Waals surface area contributed by atoms with E-state index in [0.29, 0.717) is 10.5 Å². The normalized spacial score (nSPS) is 14.2. The van der Waals surface area contributed by atoms with Gasteiger partial charge < -0.3 is 9.64 Å². The molecule has 0 aliphatic carbocycles. The summed E-state index contributed by atoms with van der Waals surface area (Å²) in [5.41, 5.74) is 1.20. The van der Waals surface area contributed by atoms with E-state index < -0.39 is 23.8 Å². The molecule has 0 N–H and O–H groups in total. The van der Waals surface area contributed by atoms with Crippen molar-refractivity contribution in [3.63, 3.8) is 0 Å². The first kappa shape index (κ1) is 17.0. The smallest absolute Gasteiger partial charge is 0.460 e. The second-order valence-electron chi connectivity index (χ2n) is 5.01. The van der Waals surface area contributed by atoms with E-state index in [1.54, 1.807) is 13.0 Å². The van der Waals surface area contributed by atoms with Gasteiger partial charge in [-0.2, -0.15) is 13.2 Å². The average Bonchev–Trinajstić information content (AvgIpc) is 2.51. The Balaban J connectivity index is 2.22.